The number of aliphatic hydroxyl groups excluding tert-OH is 1. The minimum absolute atomic E-state index is 0.0377. The number of carbonyl (C=O) groups excluding carboxylic acids is 2. The minimum Gasteiger partial charge on any atom is -0.481 e. The predicted octanol–water partition coefficient (Wildman–Crippen LogP) is 2.73. The molecule has 1 unspecified atom stereocenters. The summed E-state index contributed by atoms with van der Waals surface area (Å²) in [6.07, 6.45) is 4.32. The molecule has 0 aliphatic heterocycles. The summed E-state index contributed by atoms with van der Waals surface area (Å²) in [6, 6.07) is 0. The number of ketones is 1. The van der Waals surface area contributed by atoms with Gasteiger partial charge in [0.1, 0.15) is 0 Å². The van der Waals surface area contributed by atoms with Crippen LogP contribution in [0.4, 0.5) is 0 Å². The second kappa shape index (κ2) is 6.41. The van der Waals surface area contributed by atoms with Gasteiger partial charge in [0, 0.05) is 13.3 Å². The van der Waals surface area contributed by atoms with E-state index in [0.29, 0.717) is 19.3 Å². The van der Waals surface area contributed by atoms with E-state index in [1.807, 2.05) is 6.92 Å². The van der Waals surface area contributed by atoms with Crippen LogP contribution in [0.3, 0.4) is 0 Å². The second-order valence-corrected chi connectivity index (χ2v) is 9.87. The molecule has 154 valence electrons. The summed E-state index contributed by atoms with van der Waals surface area (Å²) >= 11 is 0. The summed E-state index contributed by atoms with van der Waals surface area (Å²) in [5.74, 6) is -1.33. The van der Waals surface area contributed by atoms with E-state index in [0.717, 1.165) is 24.8 Å². The van der Waals surface area contributed by atoms with Crippen LogP contribution in [0.1, 0.15) is 59.3 Å². The van der Waals surface area contributed by atoms with Gasteiger partial charge in [-0.25, -0.2) is 0 Å². The van der Waals surface area contributed by atoms with Gasteiger partial charge >= 0.3 is 11.9 Å². The smallest absolute Gasteiger partial charge is 0.307 e. The zero-order chi connectivity index (χ0) is 20.4. The molecule has 4 aliphatic carbocycles. The van der Waals surface area contributed by atoms with Crippen molar-refractivity contribution in [2.45, 2.75) is 71.5 Å². The van der Waals surface area contributed by atoms with Crippen molar-refractivity contribution in [3.05, 3.63) is 11.6 Å². The van der Waals surface area contributed by atoms with Crippen molar-refractivity contribution in [2.75, 3.05) is 0 Å². The van der Waals surface area contributed by atoms with Crippen LogP contribution < -0.4 is 0 Å². The fourth-order valence-corrected chi connectivity index (χ4v) is 7.43. The van der Waals surface area contributed by atoms with E-state index in [4.69, 9.17) is 4.74 Å². The van der Waals surface area contributed by atoms with E-state index < -0.39 is 35.5 Å². The van der Waals surface area contributed by atoms with Crippen LogP contribution in [0.15, 0.2) is 11.6 Å². The van der Waals surface area contributed by atoms with E-state index in [9.17, 15) is 24.6 Å². The minimum atomic E-state index is -0.791. The molecule has 4 rings (SSSR count). The molecule has 0 spiro atoms. The lowest BCUT2D eigenvalue weighted by Crippen LogP contribution is -2.58. The van der Waals surface area contributed by atoms with E-state index in [1.54, 1.807) is 6.08 Å². The SMILES string of the molecule is CC(=O)OC1C[C@@]2(C)C(=CC1=O)CC[C@@H]1[C@@H]2[C@@H](O)C[C@]2(C)[C@@H](C(=O)O)CC[C@@H]12. The van der Waals surface area contributed by atoms with E-state index >= 15 is 0 Å². The molecule has 0 radical (unpaired) electrons. The first-order valence-electron chi connectivity index (χ1n) is 10.4. The van der Waals surface area contributed by atoms with Crippen LogP contribution in [-0.2, 0) is 19.1 Å². The lowest BCUT2D eigenvalue weighted by molar-refractivity contribution is -0.165. The largest absolute Gasteiger partial charge is 0.481 e. The number of aliphatic carboxylic acids is 1. The standard InChI is InChI=1S/C22H30O6/c1-11(23)28-18-10-21(2)12(8-16(18)24)4-5-13-14-6-7-15(20(26)27)22(14,3)9-17(25)19(13)21/h8,13-15,17-19,25H,4-7,9-10H2,1-3H3,(H,26,27)/t13-,14-,15+,17-,18?,19+,21-,22-/m0/s1. The zero-order valence-corrected chi connectivity index (χ0v) is 16.8. The Morgan fingerprint density at radius 1 is 1.18 bits per heavy atom. The summed E-state index contributed by atoms with van der Waals surface area (Å²) in [5, 5.41) is 21.0. The Balaban J connectivity index is 1.69. The topological polar surface area (TPSA) is 101 Å². The molecule has 0 aromatic heterocycles. The highest BCUT2D eigenvalue weighted by molar-refractivity contribution is 5.96. The number of carboxylic acids is 1. The van der Waals surface area contributed by atoms with Crippen molar-refractivity contribution in [3.8, 4) is 0 Å². The van der Waals surface area contributed by atoms with Gasteiger partial charge in [0.2, 0.25) is 0 Å². The van der Waals surface area contributed by atoms with Crippen molar-refractivity contribution in [1.82, 2.24) is 0 Å². The maximum absolute atomic E-state index is 12.4. The fourth-order valence-electron chi connectivity index (χ4n) is 7.43. The van der Waals surface area contributed by atoms with Crippen molar-refractivity contribution in [3.63, 3.8) is 0 Å². The molecular weight excluding hydrogens is 360 g/mol. The normalized spacial score (nSPS) is 47.4. The van der Waals surface area contributed by atoms with E-state index in [-0.39, 0.29) is 29.0 Å². The van der Waals surface area contributed by atoms with Crippen molar-refractivity contribution in [2.24, 2.45) is 34.5 Å². The van der Waals surface area contributed by atoms with Crippen LogP contribution in [0.5, 0.6) is 0 Å². The molecule has 6 nitrogen and oxygen atoms in total. The van der Waals surface area contributed by atoms with Crippen LogP contribution in [0.2, 0.25) is 0 Å². The maximum Gasteiger partial charge on any atom is 0.307 e. The molecular formula is C22H30O6. The molecule has 3 fully saturated rings. The average Bonchev–Trinajstić information content (AvgIpc) is 2.92. The molecule has 2 N–H and O–H groups in total. The molecule has 8 atom stereocenters. The lowest BCUT2D eigenvalue weighted by atomic mass is 9.46. The maximum atomic E-state index is 12.4. The Hall–Kier alpha value is -1.69. The van der Waals surface area contributed by atoms with Crippen molar-refractivity contribution >= 4 is 17.7 Å². The number of rotatable bonds is 2. The lowest BCUT2D eigenvalue weighted by Gasteiger charge is -2.59. The Morgan fingerprint density at radius 2 is 1.89 bits per heavy atom. The first-order valence-corrected chi connectivity index (χ1v) is 10.4. The highest BCUT2D eigenvalue weighted by atomic mass is 16.5. The van der Waals surface area contributed by atoms with E-state index in [1.165, 1.54) is 6.92 Å². The highest BCUT2D eigenvalue weighted by Crippen LogP contribution is 2.66. The molecule has 0 aromatic carbocycles. The van der Waals surface area contributed by atoms with Gasteiger partial charge in [0.15, 0.2) is 11.9 Å². The molecule has 6 heteroatoms. The van der Waals surface area contributed by atoms with Crippen molar-refractivity contribution in [1.29, 1.82) is 0 Å². The fraction of sp³-hybridized carbons (Fsp3) is 0.773. The molecule has 3 saturated carbocycles. The van der Waals surface area contributed by atoms with Crippen LogP contribution in [-0.4, -0.2) is 40.1 Å². The summed E-state index contributed by atoms with van der Waals surface area (Å²) in [6.45, 7) is 5.45. The number of hydrogen-bond acceptors (Lipinski definition) is 5. The quantitative estimate of drug-likeness (QED) is 0.703. The second-order valence-electron chi connectivity index (χ2n) is 9.87. The van der Waals surface area contributed by atoms with Crippen molar-refractivity contribution < 1.29 is 29.3 Å². The number of ether oxygens (including phenoxy) is 1. The first kappa shape index (κ1) is 19.6. The summed E-state index contributed by atoms with van der Waals surface area (Å²) in [7, 11) is 0. The van der Waals surface area contributed by atoms with Gasteiger partial charge in [-0.3, -0.25) is 14.4 Å². The van der Waals surface area contributed by atoms with Gasteiger partial charge < -0.3 is 14.9 Å². The molecule has 4 aliphatic rings. The van der Waals surface area contributed by atoms with Gasteiger partial charge in [-0.05, 0) is 66.8 Å². The highest BCUT2D eigenvalue weighted by Gasteiger charge is 2.63. The third kappa shape index (κ3) is 2.67. The first-order chi connectivity index (χ1) is 13.1. The number of hydrogen-bond donors (Lipinski definition) is 2. The molecule has 28 heavy (non-hydrogen) atoms. The van der Waals surface area contributed by atoms with Crippen LogP contribution >= 0.6 is 0 Å². The summed E-state index contributed by atoms with van der Waals surface area (Å²) < 4.78 is 5.30. The summed E-state index contributed by atoms with van der Waals surface area (Å²) in [4.78, 5) is 35.7. The number of aliphatic hydroxyl groups is 1. The Morgan fingerprint density at radius 3 is 2.54 bits per heavy atom. The monoisotopic (exact) mass is 390 g/mol. The third-order valence-corrected chi connectivity index (χ3v) is 8.52. The van der Waals surface area contributed by atoms with Gasteiger partial charge in [0.25, 0.3) is 0 Å². The number of carbonyl (C=O) groups is 3. The average molecular weight is 390 g/mol. The number of esters is 1. The van der Waals surface area contributed by atoms with Crippen LogP contribution in [0, 0.1) is 34.5 Å². The summed E-state index contributed by atoms with van der Waals surface area (Å²) in [5.41, 5.74) is 0.264. The molecule has 0 heterocycles. The van der Waals surface area contributed by atoms with Gasteiger partial charge in [-0.15, -0.1) is 0 Å². The Bertz CT molecular complexity index is 756. The molecule has 0 bridgehead atoms. The third-order valence-electron chi connectivity index (χ3n) is 8.52. The van der Waals surface area contributed by atoms with E-state index in [2.05, 4.69) is 6.92 Å². The van der Waals surface area contributed by atoms with Gasteiger partial charge in [0.05, 0.1) is 12.0 Å². The zero-order valence-electron chi connectivity index (χ0n) is 16.8. The van der Waals surface area contributed by atoms with Crippen LogP contribution in [0.25, 0.3) is 0 Å². The molecule has 0 aromatic rings. The van der Waals surface area contributed by atoms with Gasteiger partial charge in [-0.1, -0.05) is 19.4 Å². The number of fused-ring (bicyclic) bond motifs is 5. The number of carboxylic acid groups (broad SMARTS) is 1. The predicted molar refractivity (Wildman–Crippen MR) is 100 cm³/mol. The number of allylic oxidation sites excluding steroid dienone is 1. The molecule has 0 saturated heterocycles. The molecule has 0 amide bonds. The van der Waals surface area contributed by atoms with Gasteiger partial charge in [-0.2, -0.15) is 0 Å². The Kier molecular flexibility index (Phi) is 4.49. The Labute approximate surface area is 165 Å².